The average Bonchev–Trinajstić information content (AvgIpc) is 2.58. The minimum Gasteiger partial charge on any atom is -0.380 e. The van der Waals surface area contributed by atoms with Gasteiger partial charge in [0.2, 0.25) is 0 Å². The fourth-order valence-corrected chi connectivity index (χ4v) is 3.16. The highest BCUT2D eigenvalue weighted by Crippen LogP contribution is 2.27. The quantitative estimate of drug-likeness (QED) is 0.639. The van der Waals surface area contributed by atoms with Gasteiger partial charge in [0.1, 0.15) is 0 Å². The number of ether oxygens (including phenoxy) is 1. The summed E-state index contributed by atoms with van der Waals surface area (Å²) in [5, 5.41) is 0. The predicted octanol–water partition coefficient (Wildman–Crippen LogP) is 1.63. The summed E-state index contributed by atoms with van der Waals surface area (Å²) in [5.41, 5.74) is 0. The van der Waals surface area contributed by atoms with Crippen LogP contribution < -0.4 is 0 Å². The third kappa shape index (κ3) is 1.68. The lowest BCUT2D eigenvalue weighted by Gasteiger charge is -2.26. The molecular weight excluding hydrogens is 218 g/mol. The Hall–Kier alpha value is 0.400. The lowest BCUT2D eigenvalue weighted by molar-refractivity contribution is 0.140. The zero-order valence-corrected chi connectivity index (χ0v) is 9.09. The Labute approximate surface area is 82.4 Å². The maximum atomic E-state index is 5.40. The first-order valence-corrected chi connectivity index (χ1v) is 5.66. The minimum atomic E-state index is 0.697. The molecule has 0 saturated carbocycles. The minimum absolute atomic E-state index is 0.697. The first-order valence-electron chi connectivity index (χ1n) is 4.75. The van der Waals surface area contributed by atoms with Crippen molar-refractivity contribution < 1.29 is 4.74 Å². The van der Waals surface area contributed by atoms with Gasteiger partial charge in [0.05, 0.1) is 6.61 Å². The van der Waals surface area contributed by atoms with Crippen molar-refractivity contribution in [2.45, 2.75) is 36.7 Å². The molecule has 3 heteroatoms. The Morgan fingerprint density at radius 2 is 2.33 bits per heavy atom. The Morgan fingerprint density at radius 1 is 1.50 bits per heavy atom. The van der Waals surface area contributed by atoms with Crippen LogP contribution in [-0.2, 0) is 4.74 Å². The molecule has 0 aliphatic carbocycles. The molecule has 2 fully saturated rings. The van der Waals surface area contributed by atoms with Gasteiger partial charge in [-0.1, -0.05) is 15.9 Å². The Kier molecular flexibility index (Phi) is 2.72. The van der Waals surface area contributed by atoms with Crippen LogP contribution in [-0.4, -0.2) is 41.6 Å². The topological polar surface area (TPSA) is 12.5 Å². The van der Waals surface area contributed by atoms with Crippen molar-refractivity contribution in [3.63, 3.8) is 0 Å². The molecule has 2 heterocycles. The highest BCUT2D eigenvalue weighted by Gasteiger charge is 2.34. The molecule has 2 rings (SSSR count). The van der Waals surface area contributed by atoms with Gasteiger partial charge in [0.25, 0.3) is 0 Å². The van der Waals surface area contributed by atoms with E-state index in [1.807, 2.05) is 0 Å². The fourth-order valence-electron chi connectivity index (χ4n) is 2.28. The summed E-state index contributed by atoms with van der Waals surface area (Å²) in [7, 11) is 0. The van der Waals surface area contributed by atoms with Gasteiger partial charge in [-0.2, -0.15) is 0 Å². The van der Waals surface area contributed by atoms with E-state index >= 15 is 0 Å². The lowest BCUT2D eigenvalue weighted by atomic mass is 10.2. The van der Waals surface area contributed by atoms with E-state index < -0.39 is 0 Å². The molecule has 2 aliphatic heterocycles. The molecule has 0 aromatic rings. The number of halogens is 1. The molecular formula is C9H16BrNO. The summed E-state index contributed by atoms with van der Waals surface area (Å²) in [5.74, 6) is 0. The molecule has 0 aromatic carbocycles. The van der Waals surface area contributed by atoms with Crippen molar-refractivity contribution in [1.29, 1.82) is 0 Å². The highest BCUT2D eigenvalue weighted by molar-refractivity contribution is 9.09. The molecule has 70 valence electrons. The van der Waals surface area contributed by atoms with Crippen molar-refractivity contribution in [3.05, 3.63) is 0 Å². The Morgan fingerprint density at radius 3 is 2.83 bits per heavy atom. The van der Waals surface area contributed by atoms with Gasteiger partial charge >= 0.3 is 0 Å². The van der Waals surface area contributed by atoms with Gasteiger partial charge in [-0.05, 0) is 19.8 Å². The molecule has 12 heavy (non-hydrogen) atoms. The van der Waals surface area contributed by atoms with E-state index in [9.17, 15) is 0 Å². The van der Waals surface area contributed by atoms with Gasteiger partial charge in [-0.3, -0.25) is 4.90 Å². The molecule has 0 radical (unpaired) electrons. The highest BCUT2D eigenvalue weighted by atomic mass is 79.9. The van der Waals surface area contributed by atoms with Crippen molar-refractivity contribution in [2.24, 2.45) is 0 Å². The molecule has 2 aliphatic rings. The summed E-state index contributed by atoms with van der Waals surface area (Å²) < 4.78 is 5.40. The van der Waals surface area contributed by atoms with E-state index in [4.69, 9.17) is 4.74 Å². The van der Waals surface area contributed by atoms with Crippen molar-refractivity contribution in [2.75, 3.05) is 19.8 Å². The predicted molar refractivity (Wildman–Crippen MR) is 52.7 cm³/mol. The zero-order valence-electron chi connectivity index (χ0n) is 7.50. The number of nitrogens with zero attached hydrogens (tertiary/aromatic N) is 1. The van der Waals surface area contributed by atoms with Crippen LogP contribution in [0.5, 0.6) is 0 Å². The SMILES string of the molecule is CC1CC(Br)CN1C1CCOC1. The molecule has 3 atom stereocenters. The third-order valence-corrected chi connectivity index (χ3v) is 3.61. The van der Waals surface area contributed by atoms with E-state index in [1.165, 1.54) is 19.4 Å². The third-order valence-electron chi connectivity index (χ3n) is 2.95. The van der Waals surface area contributed by atoms with Crippen LogP contribution in [0.15, 0.2) is 0 Å². The van der Waals surface area contributed by atoms with Gasteiger partial charge < -0.3 is 4.74 Å². The number of rotatable bonds is 1. The number of alkyl halides is 1. The second-order valence-electron chi connectivity index (χ2n) is 3.90. The summed E-state index contributed by atoms with van der Waals surface area (Å²) >= 11 is 3.68. The Bertz CT molecular complexity index is 159. The average molecular weight is 234 g/mol. The lowest BCUT2D eigenvalue weighted by Crippen LogP contribution is -2.38. The second-order valence-corrected chi connectivity index (χ2v) is 5.19. The van der Waals surface area contributed by atoms with Crippen molar-refractivity contribution >= 4 is 15.9 Å². The first-order chi connectivity index (χ1) is 5.77. The molecule has 0 aromatic heterocycles. The van der Waals surface area contributed by atoms with Crippen LogP contribution in [0.1, 0.15) is 19.8 Å². The largest absolute Gasteiger partial charge is 0.380 e. The summed E-state index contributed by atoms with van der Waals surface area (Å²) in [6.07, 6.45) is 2.51. The van der Waals surface area contributed by atoms with E-state index in [2.05, 4.69) is 27.8 Å². The van der Waals surface area contributed by atoms with Gasteiger partial charge in [-0.25, -0.2) is 0 Å². The molecule has 0 bridgehead atoms. The summed E-state index contributed by atoms with van der Waals surface area (Å²) in [6, 6.07) is 1.43. The van der Waals surface area contributed by atoms with Gasteiger partial charge in [0.15, 0.2) is 0 Å². The standard InChI is InChI=1S/C9H16BrNO/c1-7-4-8(10)5-11(7)9-2-3-12-6-9/h7-9H,2-6H2,1H3. The van der Waals surface area contributed by atoms with Crippen LogP contribution in [0.3, 0.4) is 0 Å². The van der Waals surface area contributed by atoms with E-state index in [0.29, 0.717) is 10.9 Å². The second kappa shape index (κ2) is 3.64. The van der Waals surface area contributed by atoms with Gasteiger partial charge in [0, 0.05) is 30.1 Å². The molecule has 2 saturated heterocycles. The van der Waals surface area contributed by atoms with E-state index in [0.717, 1.165) is 19.3 Å². The van der Waals surface area contributed by atoms with Crippen LogP contribution in [0.25, 0.3) is 0 Å². The molecule has 2 nitrogen and oxygen atoms in total. The Balaban J connectivity index is 1.94. The molecule has 0 spiro atoms. The monoisotopic (exact) mass is 233 g/mol. The van der Waals surface area contributed by atoms with E-state index in [-0.39, 0.29) is 0 Å². The first kappa shape index (κ1) is 8.97. The molecule has 0 amide bonds. The van der Waals surface area contributed by atoms with Crippen LogP contribution in [0.4, 0.5) is 0 Å². The molecule has 3 unspecified atom stereocenters. The normalized spacial score (nSPS) is 44.0. The van der Waals surface area contributed by atoms with Crippen LogP contribution in [0.2, 0.25) is 0 Å². The van der Waals surface area contributed by atoms with Crippen LogP contribution >= 0.6 is 15.9 Å². The molecule has 0 N–H and O–H groups in total. The smallest absolute Gasteiger partial charge is 0.0622 e. The number of likely N-dealkylation sites (tertiary alicyclic amines) is 1. The van der Waals surface area contributed by atoms with Crippen LogP contribution in [0, 0.1) is 0 Å². The van der Waals surface area contributed by atoms with Crippen molar-refractivity contribution in [1.82, 2.24) is 4.90 Å². The fraction of sp³-hybridized carbons (Fsp3) is 1.00. The number of hydrogen-bond donors (Lipinski definition) is 0. The number of hydrogen-bond acceptors (Lipinski definition) is 2. The maximum absolute atomic E-state index is 5.40. The zero-order chi connectivity index (χ0) is 8.55. The van der Waals surface area contributed by atoms with Crippen molar-refractivity contribution in [3.8, 4) is 0 Å². The maximum Gasteiger partial charge on any atom is 0.0622 e. The van der Waals surface area contributed by atoms with E-state index in [1.54, 1.807) is 0 Å². The van der Waals surface area contributed by atoms with Gasteiger partial charge in [-0.15, -0.1) is 0 Å². The summed E-state index contributed by atoms with van der Waals surface area (Å²) in [6.45, 7) is 5.43. The summed E-state index contributed by atoms with van der Waals surface area (Å²) in [4.78, 5) is 3.29.